The van der Waals surface area contributed by atoms with Crippen molar-refractivity contribution in [2.45, 2.75) is 39.3 Å². The molecular formula is C13H22ClNOS. The van der Waals surface area contributed by atoms with Crippen LogP contribution in [-0.2, 0) is 4.74 Å². The molecule has 1 N–H and O–H groups in total. The van der Waals surface area contributed by atoms with Crippen molar-refractivity contribution in [2.75, 3.05) is 13.7 Å². The average Bonchev–Trinajstić information content (AvgIpc) is 2.70. The molecule has 0 aliphatic carbocycles. The highest BCUT2D eigenvalue weighted by Crippen LogP contribution is 2.32. The molecule has 0 saturated heterocycles. The lowest BCUT2D eigenvalue weighted by Gasteiger charge is -2.29. The second-order valence-corrected chi connectivity index (χ2v) is 6.26. The van der Waals surface area contributed by atoms with Gasteiger partial charge in [-0.1, -0.05) is 32.4 Å². The van der Waals surface area contributed by atoms with Crippen LogP contribution < -0.4 is 5.32 Å². The first-order chi connectivity index (χ1) is 8.10. The highest BCUT2D eigenvalue weighted by atomic mass is 35.5. The summed E-state index contributed by atoms with van der Waals surface area (Å²) in [7, 11) is 1.78. The summed E-state index contributed by atoms with van der Waals surface area (Å²) in [5.74, 6) is 0.468. The summed E-state index contributed by atoms with van der Waals surface area (Å²) in [5.41, 5.74) is 0. The molecule has 0 bridgehead atoms. The Kier molecular flexibility index (Phi) is 6.49. The Bertz CT molecular complexity index is 327. The molecule has 0 amide bonds. The van der Waals surface area contributed by atoms with Crippen molar-refractivity contribution < 1.29 is 4.74 Å². The molecule has 0 fully saturated rings. The molecule has 98 valence electrons. The van der Waals surface area contributed by atoms with E-state index in [0.717, 1.165) is 17.3 Å². The van der Waals surface area contributed by atoms with E-state index in [4.69, 9.17) is 16.3 Å². The van der Waals surface area contributed by atoms with Crippen molar-refractivity contribution >= 4 is 22.9 Å². The molecule has 0 aliphatic heterocycles. The zero-order valence-electron chi connectivity index (χ0n) is 11.0. The molecule has 4 heteroatoms. The number of ether oxygens (including phenoxy) is 1. The van der Waals surface area contributed by atoms with Gasteiger partial charge in [-0.05, 0) is 31.0 Å². The number of nitrogens with one attached hydrogen (secondary N) is 1. The van der Waals surface area contributed by atoms with Gasteiger partial charge in [0.05, 0.1) is 16.5 Å². The van der Waals surface area contributed by atoms with Gasteiger partial charge in [-0.2, -0.15) is 0 Å². The van der Waals surface area contributed by atoms with Crippen molar-refractivity contribution in [2.24, 2.45) is 5.92 Å². The minimum atomic E-state index is 0.177. The average molecular weight is 276 g/mol. The molecule has 1 heterocycles. The van der Waals surface area contributed by atoms with Crippen molar-refractivity contribution in [1.82, 2.24) is 5.32 Å². The van der Waals surface area contributed by atoms with E-state index < -0.39 is 0 Å². The number of rotatable bonds is 7. The van der Waals surface area contributed by atoms with Crippen LogP contribution in [0.3, 0.4) is 0 Å². The summed E-state index contributed by atoms with van der Waals surface area (Å²) in [6, 6.07) is 4.28. The van der Waals surface area contributed by atoms with Gasteiger partial charge in [-0.25, -0.2) is 0 Å². The quantitative estimate of drug-likeness (QED) is 0.808. The fraction of sp³-hybridized carbons (Fsp3) is 0.692. The molecule has 0 spiro atoms. The fourth-order valence-corrected chi connectivity index (χ4v) is 3.14. The summed E-state index contributed by atoms with van der Waals surface area (Å²) in [4.78, 5) is 1.25. The van der Waals surface area contributed by atoms with E-state index in [0.29, 0.717) is 5.92 Å². The standard InChI is InChI=1S/C13H22ClNOS/c1-5-8-15-12(13(16-4)9(2)3)10-6-7-11(14)17-10/h6-7,9,12-13,15H,5,8H2,1-4H3. The SMILES string of the molecule is CCCNC(c1ccc(Cl)s1)C(OC)C(C)C. The molecule has 2 unspecified atom stereocenters. The van der Waals surface area contributed by atoms with Gasteiger partial charge in [0, 0.05) is 12.0 Å². The van der Waals surface area contributed by atoms with Gasteiger partial charge in [0.1, 0.15) is 0 Å². The van der Waals surface area contributed by atoms with Crippen molar-refractivity contribution in [3.63, 3.8) is 0 Å². The summed E-state index contributed by atoms with van der Waals surface area (Å²) in [6.07, 6.45) is 1.29. The zero-order valence-corrected chi connectivity index (χ0v) is 12.6. The van der Waals surface area contributed by atoms with Crippen LogP contribution in [0.1, 0.15) is 38.1 Å². The first-order valence-corrected chi connectivity index (χ1v) is 7.31. The van der Waals surface area contributed by atoms with Gasteiger partial charge in [0.15, 0.2) is 0 Å². The Balaban J connectivity index is 2.85. The number of halogens is 1. The molecule has 1 rings (SSSR count). The van der Waals surface area contributed by atoms with Crippen LogP contribution in [0.4, 0.5) is 0 Å². The van der Waals surface area contributed by atoms with Crippen LogP contribution in [-0.4, -0.2) is 19.8 Å². The Morgan fingerprint density at radius 3 is 2.53 bits per heavy atom. The highest BCUT2D eigenvalue weighted by Gasteiger charge is 2.26. The summed E-state index contributed by atoms with van der Waals surface area (Å²) >= 11 is 7.65. The maximum absolute atomic E-state index is 6.02. The molecule has 1 aromatic heterocycles. The first-order valence-electron chi connectivity index (χ1n) is 6.11. The van der Waals surface area contributed by atoms with E-state index in [1.54, 1.807) is 18.4 Å². The molecule has 0 radical (unpaired) electrons. The lowest BCUT2D eigenvalue weighted by Crippen LogP contribution is -2.36. The summed E-state index contributed by atoms with van der Waals surface area (Å²) in [5, 5.41) is 3.56. The van der Waals surface area contributed by atoms with Gasteiger partial charge in [0.2, 0.25) is 0 Å². The third-order valence-electron chi connectivity index (χ3n) is 2.77. The Morgan fingerprint density at radius 2 is 2.12 bits per heavy atom. The van der Waals surface area contributed by atoms with Crippen molar-refractivity contribution in [3.8, 4) is 0 Å². The normalized spacial score (nSPS) is 15.2. The third-order valence-corrected chi connectivity index (χ3v) is 4.09. The minimum Gasteiger partial charge on any atom is -0.379 e. The largest absolute Gasteiger partial charge is 0.379 e. The number of hydrogen-bond donors (Lipinski definition) is 1. The minimum absolute atomic E-state index is 0.177. The first kappa shape index (κ1) is 15.0. The van der Waals surface area contributed by atoms with E-state index >= 15 is 0 Å². The lowest BCUT2D eigenvalue weighted by atomic mass is 9.98. The van der Waals surface area contributed by atoms with E-state index in [9.17, 15) is 0 Å². The predicted molar refractivity (Wildman–Crippen MR) is 76.0 cm³/mol. The Labute approximate surface area is 113 Å². The molecule has 2 atom stereocenters. The topological polar surface area (TPSA) is 21.3 Å². The monoisotopic (exact) mass is 275 g/mol. The number of thiophene rings is 1. The second kappa shape index (κ2) is 7.37. The second-order valence-electron chi connectivity index (χ2n) is 4.52. The van der Waals surface area contributed by atoms with Crippen molar-refractivity contribution in [1.29, 1.82) is 0 Å². The smallest absolute Gasteiger partial charge is 0.0931 e. The Hall–Kier alpha value is -0.0900. The van der Waals surface area contributed by atoms with E-state index in [1.807, 2.05) is 6.07 Å². The van der Waals surface area contributed by atoms with Crippen LogP contribution in [0.2, 0.25) is 4.34 Å². The number of methoxy groups -OCH3 is 1. The molecule has 1 aromatic rings. The van der Waals surface area contributed by atoms with Crippen LogP contribution >= 0.6 is 22.9 Å². The van der Waals surface area contributed by atoms with Gasteiger partial charge >= 0.3 is 0 Å². The lowest BCUT2D eigenvalue weighted by molar-refractivity contribution is 0.0336. The number of hydrogen-bond acceptors (Lipinski definition) is 3. The molecular weight excluding hydrogens is 254 g/mol. The summed E-state index contributed by atoms with van der Waals surface area (Å²) in [6.45, 7) is 7.53. The zero-order chi connectivity index (χ0) is 12.8. The predicted octanol–water partition coefficient (Wildman–Crippen LogP) is 4.11. The van der Waals surface area contributed by atoms with E-state index in [2.05, 4.69) is 32.2 Å². The van der Waals surface area contributed by atoms with E-state index in [-0.39, 0.29) is 12.1 Å². The van der Waals surface area contributed by atoms with Gasteiger partial charge in [0.25, 0.3) is 0 Å². The highest BCUT2D eigenvalue weighted by molar-refractivity contribution is 7.16. The third kappa shape index (κ3) is 4.25. The maximum Gasteiger partial charge on any atom is 0.0931 e. The van der Waals surface area contributed by atoms with Crippen LogP contribution in [0.25, 0.3) is 0 Å². The van der Waals surface area contributed by atoms with Gasteiger partial charge in [-0.15, -0.1) is 11.3 Å². The van der Waals surface area contributed by atoms with Crippen molar-refractivity contribution in [3.05, 3.63) is 21.3 Å². The maximum atomic E-state index is 6.02. The molecule has 2 nitrogen and oxygen atoms in total. The molecule has 0 aromatic carbocycles. The van der Waals surface area contributed by atoms with Gasteiger partial charge in [-0.3, -0.25) is 0 Å². The summed E-state index contributed by atoms with van der Waals surface area (Å²) < 4.78 is 6.47. The fourth-order valence-electron chi connectivity index (χ4n) is 1.97. The van der Waals surface area contributed by atoms with E-state index in [1.165, 1.54) is 4.88 Å². The molecule has 0 saturated carbocycles. The molecule has 17 heavy (non-hydrogen) atoms. The van der Waals surface area contributed by atoms with Crippen LogP contribution in [0.15, 0.2) is 12.1 Å². The Morgan fingerprint density at radius 1 is 1.41 bits per heavy atom. The van der Waals surface area contributed by atoms with Crippen LogP contribution in [0, 0.1) is 5.92 Å². The van der Waals surface area contributed by atoms with Crippen LogP contribution in [0.5, 0.6) is 0 Å². The van der Waals surface area contributed by atoms with Gasteiger partial charge < -0.3 is 10.1 Å². The molecule has 0 aliphatic rings.